The highest BCUT2D eigenvalue weighted by atomic mass is 16.2. The van der Waals surface area contributed by atoms with Gasteiger partial charge in [-0.3, -0.25) is 9.59 Å². The zero-order valence-electron chi connectivity index (χ0n) is 15.8. The summed E-state index contributed by atoms with van der Waals surface area (Å²) in [6, 6.07) is 8.06. The lowest BCUT2D eigenvalue weighted by Crippen LogP contribution is -2.33. The van der Waals surface area contributed by atoms with Gasteiger partial charge in [-0.15, -0.1) is 0 Å². The molecule has 1 aromatic rings. The maximum absolute atomic E-state index is 12.1. The number of benzene rings is 1. The summed E-state index contributed by atoms with van der Waals surface area (Å²) in [5.41, 5.74) is 2.03. The van der Waals surface area contributed by atoms with Crippen LogP contribution in [0.5, 0.6) is 0 Å². The number of piperidine rings is 1. The molecule has 1 N–H and O–H groups in total. The topological polar surface area (TPSA) is 52.7 Å². The van der Waals surface area contributed by atoms with Crippen LogP contribution in [0.2, 0.25) is 0 Å². The van der Waals surface area contributed by atoms with Crippen molar-refractivity contribution < 1.29 is 9.59 Å². The van der Waals surface area contributed by atoms with Gasteiger partial charge in [0.2, 0.25) is 11.8 Å². The smallest absolute Gasteiger partial charge is 0.226 e. The summed E-state index contributed by atoms with van der Waals surface area (Å²) in [6.45, 7) is 9.26. The average Bonchev–Trinajstić information content (AvgIpc) is 2.60. The molecule has 2 amide bonds. The molecule has 5 heteroatoms. The van der Waals surface area contributed by atoms with E-state index in [1.807, 2.05) is 19.1 Å². The molecule has 0 radical (unpaired) electrons. The third-order valence-corrected chi connectivity index (χ3v) is 4.85. The van der Waals surface area contributed by atoms with E-state index in [1.54, 1.807) is 11.8 Å². The Morgan fingerprint density at radius 2 is 1.80 bits per heavy atom. The number of carbonyl (C=O) groups excluding carboxylic acids is 2. The molecule has 1 heterocycles. The van der Waals surface area contributed by atoms with Crippen molar-refractivity contribution in [2.24, 2.45) is 5.92 Å². The minimum atomic E-state index is -0.0538. The Bertz CT molecular complexity index is 563. The van der Waals surface area contributed by atoms with Crippen molar-refractivity contribution in [3.63, 3.8) is 0 Å². The van der Waals surface area contributed by atoms with E-state index in [1.165, 1.54) is 18.5 Å². The van der Waals surface area contributed by atoms with Gasteiger partial charge in [0.05, 0.1) is 0 Å². The molecule has 0 aliphatic carbocycles. The second-order valence-electron chi connectivity index (χ2n) is 7.02. The van der Waals surface area contributed by atoms with Crippen molar-refractivity contribution >= 4 is 23.2 Å². The van der Waals surface area contributed by atoms with Crippen LogP contribution in [0.15, 0.2) is 24.3 Å². The first-order valence-corrected chi connectivity index (χ1v) is 9.40. The predicted molar refractivity (Wildman–Crippen MR) is 103 cm³/mol. The van der Waals surface area contributed by atoms with Crippen LogP contribution in [-0.4, -0.2) is 42.9 Å². The molecule has 0 bridgehead atoms. The standard InChI is InChI=1S/C20H31N3O2/c1-4-12-22(17(3)24)15-11-20(25)21-18-5-7-19(8-6-18)23-13-9-16(2)10-14-23/h5-8,16H,4,9-15H2,1-3H3,(H,21,25). The normalized spacial score (nSPS) is 15.1. The minimum absolute atomic E-state index is 0.0230. The van der Waals surface area contributed by atoms with E-state index in [0.29, 0.717) is 19.5 Å². The van der Waals surface area contributed by atoms with Crippen LogP contribution in [0.3, 0.4) is 0 Å². The van der Waals surface area contributed by atoms with E-state index in [0.717, 1.165) is 31.1 Å². The Morgan fingerprint density at radius 1 is 1.16 bits per heavy atom. The zero-order chi connectivity index (χ0) is 18.2. The SMILES string of the molecule is CCCN(CCC(=O)Nc1ccc(N2CCC(C)CC2)cc1)C(C)=O. The monoisotopic (exact) mass is 345 g/mol. The van der Waals surface area contributed by atoms with Crippen LogP contribution < -0.4 is 10.2 Å². The third kappa shape index (κ3) is 6.07. The van der Waals surface area contributed by atoms with Crippen LogP contribution in [0.1, 0.15) is 46.5 Å². The van der Waals surface area contributed by atoms with Gasteiger partial charge < -0.3 is 15.1 Å². The van der Waals surface area contributed by atoms with Crippen LogP contribution in [-0.2, 0) is 9.59 Å². The maximum Gasteiger partial charge on any atom is 0.226 e. The molecular formula is C20H31N3O2. The van der Waals surface area contributed by atoms with Crippen LogP contribution in [0.4, 0.5) is 11.4 Å². The van der Waals surface area contributed by atoms with Crippen molar-refractivity contribution in [1.29, 1.82) is 0 Å². The number of amides is 2. The van der Waals surface area contributed by atoms with Crippen LogP contribution in [0.25, 0.3) is 0 Å². The Labute approximate surface area is 151 Å². The first-order valence-electron chi connectivity index (χ1n) is 9.40. The molecule has 0 aromatic heterocycles. The second kappa shape index (κ2) is 9.44. The lowest BCUT2D eigenvalue weighted by molar-refractivity contribution is -0.129. The first kappa shape index (κ1) is 19.3. The molecule has 0 saturated carbocycles. The highest BCUT2D eigenvalue weighted by molar-refractivity contribution is 5.91. The van der Waals surface area contributed by atoms with E-state index < -0.39 is 0 Å². The Balaban J connectivity index is 1.82. The Morgan fingerprint density at radius 3 is 2.36 bits per heavy atom. The van der Waals surface area contributed by atoms with Crippen LogP contribution >= 0.6 is 0 Å². The highest BCUT2D eigenvalue weighted by Gasteiger charge is 2.16. The zero-order valence-corrected chi connectivity index (χ0v) is 15.8. The number of anilines is 2. The molecule has 1 aliphatic rings. The van der Waals surface area contributed by atoms with Crippen molar-refractivity contribution in [3.8, 4) is 0 Å². The third-order valence-electron chi connectivity index (χ3n) is 4.85. The summed E-state index contributed by atoms with van der Waals surface area (Å²) >= 11 is 0. The molecule has 0 spiro atoms. The van der Waals surface area contributed by atoms with Gasteiger partial charge in [0, 0.05) is 50.9 Å². The highest BCUT2D eigenvalue weighted by Crippen LogP contribution is 2.24. The van der Waals surface area contributed by atoms with E-state index in [4.69, 9.17) is 0 Å². The summed E-state index contributed by atoms with van der Waals surface area (Å²) in [5, 5.41) is 2.92. The summed E-state index contributed by atoms with van der Waals surface area (Å²) in [5.74, 6) is 0.786. The van der Waals surface area contributed by atoms with Gasteiger partial charge in [-0.25, -0.2) is 0 Å². The molecule has 1 fully saturated rings. The summed E-state index contributed by atoms with van der Waals surface area (Å²) in [6.07, 6.45) is 3.70. The quantitative estimate of drug-likeness (QED) is 0.823. The average molecular weight is 345 g/mol. The number of hydrogen-bond acceptors (Lipinski definition) is 3. The fraction of sp³-hybridized carbons (Fsp3) is 0.600. The fourth-order valence-electron chi connectivity index (χ4n) is 3.18. The summed E-state index contributed by atoms with van der Waals surface area (Å²) < 4.78 is 0. The van der Waals surface area contributed by atoms with Gasteiger partial charge in [-0.2, -0.15) is 0 Å². The molecule has 1 saturated heterocycles. The lowest BCUT2D eigenvalue weighted by Gasteiger charge is -2.32. The lowest BCUT2D eigenvalue weighted by atomic mass is 9.99. The van der Waals surface area contributed by atoms with Gasteiger partial charge in [0.1, 0.15) is 0 Å². The fourth-order valence-corrected chi connectivity index (χ4v) is 3.18. The molecule has 1 aliphatic heterocycles. The molecule has 138 valence electrons. The van der Waals surface area contributed by atoms with Gasteiger partial charge in [-0.05, 0) is 49.4 Å². The summed E-state index contributed by atoms with van der Waals surface area (Å²) in [4.78, 5) is 27.7. The van der Waals surface area contributed by atoms with Gasteiger partial charge in [0.25, 0.3) is 0 Å². The van der Waals surface area contributed by atoms with E-state index >= 15 is 0 Å². The van der Waals surface area contributed by atoms with E-state index in [2.05, 4.69) is 29.3 Å². The van der Waals surface area contributed by atoms with Crippen molar-refractivity contribution in [2.45, 2.75) is 46.5 Å². The van der Waals surface area contributed by atoms with E-state index in [9.17, 15) is 9.59 Å². The number of nitrogens with zero attached hydrogens (tertiary/aromatic N) is 2. The van der Waals surface area contributed by atoms with E-state index in [-0.39, 0.29) is 11.8 Å². The first-order chi connectivity index (χ1) is 12.0. The van der Waals surface area contributed by atoms with Crippen molar-refractivity contribution in [2.75, 3.05) is 36.4 Å². The molecule has 2 rings (SSSR count). The largest absolute Gasteiger partial charge is 0.372 e. The Hall–Kier alpha value is -2.04. The Kier molecular flexibility index (Phi) is 7.29. The number of carbonyl (C=O) groups is 2. The molecule has 0 unspecified atom stereocenters. The predicted octanol–water partition coefficient (Wildman–Crippen LogP) is 3.51. The minimum Gasteiger partial charge on any atom is -0.372 e. The molecule has 5 nitrogen and oxygen atoms in total. The molecule has 0 atom stereocenters. The summed E-state index contributed by atoms with van der Waals surface area (Å²) in [7, 11) is 0. The number of hydrogen-bond donors (Lipinski definition) is 1. The molecular weight excluding hydrogens is 314 g/mol. The molecule has 1 aromatic carbocycles. The van der Waals surface area contributed by atoms with Gasteiger partial charge in [0.15, 0.2) is 0 Å². The van der Waals surface area contributed by atoms with Gasteiger partial charge in [-0.1, -0.05) is 13.8 Å². The van der Waals surface area contributed by atoms with Crippen LogP contribution in [0, 0.1) is 5.92 Å². The van der Waals surface area contributed by atoms with Crippen molar-refractivity contribution in [3.05, 3.63) is 24.3 Å². The number of rotatable bonds is 7. The number of nitrogens with one attached hydrogen (secondary N) is 1. The van der Waals surface area contributed by atoms with Gasteiger partial charge >= 0.3 is 0 Å². The van der Waals surface area contributed by atoms with Crippen molar-refractivity contribution in [1.82, 2.24) is 4.90 Å². The second-order valence-corrected chi connectivity index (χ2v) is 7.02. The maximum atomic E-state index is 12.1. The molecule has 25 heavy (non-hydrogen) atoms.